The van der Waals surface area contributed by atoms with Gasteiger partial charge in [-0.2, -0.15) is 13.2 Å². The van der Waals surface area contributed by atoms with Crippen LogP contribution in [0.3, 0.4) is 0 Å². The van der Waals surface area contributed by atoms with Crippen molar-refractivity contribution < 1.29 is 27.1 Å². The first-order valence-electron chi connectivity index (χ1n) is 6.01. The van der Waals surface area contributed by atoms with Crippen LogP contribution < -0.4 is 0 Å². The maximum atomic E-state index is 12.6. The predicted molar refractivity (Wildman–Crippen MR) is 70.4 cm³/mol. The van der Waals surface area contributed by atoms with E-state index < -0.39 is 18.0 Å². The molecule has 10 heteroatoms. The summed E-state index contributed by atoms with van der Waals surface area (Å²) in [5.74, 6) is -0.575. The number of ether oxygens (including phenoxy) is 1. The van der Waals surface area contributed by atoms with Gasteiger partial charge in [0.1, 0.15) is 17.1 Å². The summed E-state index contributed by atoms with van der Waals surface area (Å²) in [6.45, 7) is 1.60. The minimum Gasteiger partial charge on any atom is -0.465 e. The highest BCUT2D eigenvalue weighted by atomic mass is 32.2. The molecule has 0 saturated heterocycles. The number of rotatable bonds is 4. The lowest BCUT2D eigenvalue weighted by molar-refractivity contribution is -0.147. The average Bonchev–Trinajstić information content (AvgIpc) is 2.98. The Hall–Kier alpha value is -1.97. The molecule has 0 fully saturated rings. The van der Waals surface area contributed by atoms with Gasteiger partial charge in [0.2, 0.25) is 5.82 Å². The molecule has 0 bridgehead atoms. The maximum absolute atomic E-state index is 12.6. The normalized spacial score (nSPS) is 11.7. The first-order valence-corrected chi connectivity index (χ1v) is 6.99. The summed E-state index contributed by atoms with van der Waals surface area (Å²) in [5, 5.41) is 6.72. The predicted octanol–water partition coefficient (Wildman–Crippen LogP) is 2.81. The van der Waals surface area contributed by atoms with Crippen molar-refractivity contribution >= 4 is 17.7 Å². The molecule has 6 nitrogen and oxygen atoms in total. The van der Waals surface area contributed by atoms with E-state index in [9.17, 15) is 18.0 Å². The van der Waals surface area contributed by atoms with Crippen LogP contribution in [-0.4, -0.2) is 27.8 Å². The zero-order valence-corrected chi connectivity index (χ0v) is 12.7. The Labute approximate surface area is 127 Å². The molecule has 0 atom stereocenters. The number of hydrogen-bond acceptors (Lipinski definition) is 6. The number of aryl methyl sites for hydroxylation is 1. The first kappa shape index (κ1) is 16.4. The van der Waals surface area contributed by atoms with E-state index in [2.05, 4.69) is 14.9 Å². The molecule has 2 rings (SSSR count). The van der Waals surface area contributed by atoms with Crippen molar-refractivity contribution in [3.63, 3.8) is 0 Å². The van der Waals surface area contributed by atoms with E-state index in [0.717, 1.165) is 16.3 Å². The summed E-state index contributed by atoms with van der Waals surface area (Å²) in [4.78, 5) is 11.4. The molecule has 0 aliphatic carbocycles. The number of hydrogen-bond donors (Lipinski definition) is 0. The third-order valence-corrected chi connectivity index (χ3v) is 3.85. The summed E-state index contributed by atoms with van der Waals surface area (Å²) in [6, 6.07) is 1.50. The fraction of sp³-hybridized carbons (Fsp3) is 0.417. The Kier molecular flexibility index (Phi) is 4.50. The van der Waals surface area contributed by atoms with Gasteiger partial charge in [-0.15, -0.1) is 10.2 Å². The van der Waals surface area contributed by atoms with E-state index in [1.54, 1.807) is 6.92 Å². The van der Waals surface area contributed by atoms with Crippen molar-refractivity contribution in [2.75, 3.05) is 7.11 Å². The summed E-state index contributed by atoms with van der Waals surface area (Å²) in [7, 11) is 2.49. The molecular formula is C12H12F3N3O3S. The second-order valence-corrected chi connectivity index (χ2v) is 5.27. The molecule has 0 spiro atoms. The van der Waals surface area contributed by atoms with Crippen LogP contribution in [0.15, 0.2) is 15.6 Å². The minimum absolute atomic E-state index is 0.0981. The van der Waals surface area contributed by atoms with E-state index >= 15 is 0 Å². The molecule has 0 aliphatic rings. The topological polar surface area (TPSA) is 70.2 Å². The zero-order valence-electron chi connectivity index (χ0n) is 11.9. The van der Waals surface area contributed by atoms with Crippen LogP contribution in [0, 0.1) is 6.92 Å². The Morgan fingerprint density at radius 1 is 1.45 bits per heavy atom. The summed E-state index contributed by atoms with van der Waals surface area (Å²) >= 11 is 1.02. The molecule has 0 radical (unpaired) electrons. The Morgan fingerprint density at radius 2 is 2.14 bits per heavy atom. The number of halogens is 3. The Morgan fingerprint density at radius 3 is 2.68 bits per heavy atom. The number of alkyl halides is 3. The van der Waals surface area contributed by atoms with Gasteiger partial charge >= 0.3 is 12.1 Å². The number of nitrogens with zero attached hydrogens (tertiary/aromatic N) is 3. The highest BCUT2D eigenvalue weighted by molar-refractivity contribution is 7.98. The molecule has 2 heterocycles. The third-order valence-electron chi connectivity index (χ3n) is 2.81. The van der Waals surface area contributed by atoms with Crippen LogP contribution in [0.2, 0.25) is 0 Å². The summed E-state index contributed by atoms with van der Waals surface area (Å²) in [5.41, 5.74) is 0.284. The highest BCUT2D eigenvalue weighted by Gasteiger charge is 2.37. The number of carbonyl (C=O) groups excluding carboxylic acids is 1. The monoisotopic (exact) mass is 335 g/mol. The van der Waals surface area contributed by atoms with Crippen molar-refractivity contribution in [1.82, 2.24) is 14.8 Å². The van der Waals surface area contributed by atoms with E-state index in [0.29, 0.717) is 11.5 Å². The lowest BCUT2D eigenvalue weighted by atomic mass is 10.2. The van der Waals surface area contributed by atoms with Crippen molar-refractivity contribution in [2.45, 2.75) is 24.0 Å². The van der Waals surface area contributed by atoms with Crippen LogP contribution in [-0.2, 0) is 23.7 Å². The average molecular weight is 335 g/mol. The number of aromatic nitrogens is 3. The van der Waals surface area contributed by atoms with Crippen LogP contribution in [0.4, 0.5) is 13.2 Å². The Balaban J connectivity index is 2.11. The smallest absolute Gasteiger partial charge is 0.451 e. The molecule has 22 heavy (non-hydrogen) atoms. The van der Waals surface area contributed by atoms with Crippen molar-refractivity contribution in [3.8, 4) is 0 Å². The largest absolute Gasteiger partial charge is 0.465 e. The van der Waals surface area contributed by atoms with Gasteiger partial charge in [-0.05, 0) is 13.0 Å². The number of thioether (sulfide) groups is 1. The van der Waals surface area contributed by atoms with Gasteiger partial charge in [0.15, 0.2) is 5.16 Å². The summed E-state index contributed by atoms with van der Waals surface area (Å²) < 4.78 is 48.7. The van der Waals surface area contributed by atoms with Crippen LogP contribution in [0.25, 0.3) is 0 Å². The molecule has 2 aromatic rings. The molecule has 0 unspecified atom stereocenters. The quantitative estimate of drug-likeness (QED) is 0.632. The van der Waals surface area contributed by atoms with Gasteiger partial charge in [-0.3, -0.25) is 0 Å². The van der Waals surface area contributed by atoms with E-state index in [1.165, 1.54) is 20.2 Å². The van der Waals surface area contributed by atoms with Crippen LogP contribution in [0.5, 0.6) is 0 Å². The standard InChI is InChI=1S/C12H12F3N3O3S/c1-6-8(9(19)20-3)4-7(21-6)5-22-11-17-16-10(18(11)2)12(13,14)15/h4H,5H2,1-3H3. The van der Waals surface area contributed by atoms with Crippen molar-refractivity contribution in [2.24, 2.45) is 7.05 Å². The van der Waals surface area contributed by atoms with Crippen LogP contribution in [0.1, 0.15) is 27.7 Å². The Bertz CT molecular complexity index is 694. The highest BCUT2D eigenvalue weighted by Crippen LogP contribution is 2.31. The second kappa shape index (κ2) is 6.03. The summed E-state index contributed by atoms with van der Waals surface area (Å²) in [6.07, 6.45) is -4.56. The molecule has 2 aromatic heterocycles. The molecular weight excluding hydrogens is 323 g/mol. The van der Waals surface area contributed by atoms with Gasteiger partial charge in [0.05, 0.1) is 12.9 Å². The van der Waals surface area contributed by atoms with Gasteiger partial charge in [0, 0.05) is 7.05 Å². The molecule has 0 N–H and O–H groups in total. The van der Waals surface area contributed by atoms with Crippen molar-refractivity contribution in [1.29, 1.82) is 0 Å². The van der Waals surface area contributed by atoms with E-state index in [1.807, 2.05) is 0 Å². The van der Waals surface area contributed by atoms with Gasteiger partial charge in [-0.1, -0.05) is 11.8 Å². The SMILES string of the molecule is COC(=O)c1cc(CSc2nnc(C(F)(F)F)n2C)oc1C. The van der Waals surface area contributed by atoms with Crippen molar-refractivity contribution in [3.05, 3.63) is 29.0 Å². The second-order valence-electron chi connectivity index (χ2n) is 4.33. The lowest BCUT2D eigenvalue weighted by Crippen LogP contribution is -2.12. The van der Waals surface area contributed by atoms with Crippen LogP contribution >= 0.6 is 11.8 Å². The number of carbonyl (C=O) groups is 1. The minimum atomic E-state index is -4.56. The first-order chi connectivity index (χ1) is 10.2. The maximum Gasteiger partial charge on any atom is 0.451 e. The van der Waals surface area contributed by atoms with Gasteiger partial charge in [-0.25, -0.2) is 4.79 Å². The number of furan rings is 1. The van der Waals surface area contributed by atoms with E-state index in [4.69, 9.17) is 4.42 Å². The fourth-order valence-electron chi connectivity index (χ4n) is 1.75. The number of methoxy groups -OCH3 is 1. The number of esters is 1. The molecule has 0 aromatic carbocycles. The fourth-order valence-corrected chi connectivity index (χ4v) is 2.54. The lowest BCUT2D eigenvalue weighted by Gasteiger charge is -2.05. The molecule has 0 amide bonds. The third kappa shape index (κ3) is 3.26. The zero-order chi connectivity index (χ0) is 16.5. The molecule has 0 saturated carbocycles. The van der Waals surface area contributed by atoms with Gasteiger partial charge in [0.25, 0.3) is 0 Å². The van der Waals surface area contributed by atoms with Gasteiger partial charge < -0.3 is 13.7 Å². The molecule has 120 valence electrons. The molecule has 0 aliphatic heterocycles. The van der Waals surface area contributed by atoms with E-state index in [-0.39, 0.29) is 16.5 Å².